The van der Waals surface area contributed by atoms with E-state index in [1.54, 1.807) is 23.4 Å². The summed E-state index contributed by atoms with van der Waals surface area (Å²) in [7, 11) is 1.90. The summed E-state index contributed by atoms with van der Waals surface area (Å²) < 4.78 is 7.88. The van der Waals surface area contributed by atoms with Gasteiger partial charge in [-0.05, 0) is 37.5 Å². The van der Waals surface area contributed by atoms with Crippen LogP contribution in [0.2, 0.25) is 0 Å². The maximum Gasteiger partial charge on any atom is 0.411 e. The van der Waals surface area contributed by atoms with E-state index in [-0.39, 0.29) is 12.1 Å². The molecule has 1 N–H and O–H groups in total. The van der Waals surface area contributed by atoms with Gasteiger partial charge in [-0.2, -0.15) is 5.10 Å². The zero-order valence-corrected chi connectivity index (χ0v) is 19.2. The number of hydrogen-bond donors (Lipinski definition) is 1. The molecule has 2 atom stereocenters. The Labute approximate surface area is 189 Å². The van der Waals surface area contributed by atoms with Crippen molar-refractivity contribution < 1.29 is 14.6 Å². The molecule has 32 heavy (non-hydrogen) atoms. The first-order chi connectivity index (χ1) is 15.2. The van der Waals surface area contributed by atoms with Gasteiger partial charge in [0.2, 0.25) is 0 Å². The lowest BCUT2D eigenvalue weighted by molar-refractivity contribution is -0.101. The Morgan fingerprint density at radius 3 is 2.38 bits per heavy atom. The minimum atomic E-state index is -0.966. The molecule has 168 valence electrons. The Kier molecular flexibility index (Phi) is 5.82. The van der Waals surface area contributed by atoms with Gasteiger partial charge in [0, 0.05) is 38.2 Å². The second kappa shape index (κ2) is 8.43. The Balaban J connectivity index is 1.53. The number of hydrogen-bond acceptors (Lipinski definition) is 4. The molecule has 3 aromatic rings. The molecular weight excluding hydrogens is 402 g/mol. The van der Waals surface area contributed by atoms with E-state index in [4.69, 9.17) is 4.74 Å². The number of carbonyl (C=O) groups is 1. The molecule has 0 unspecified atom stereocenters. The van der Waals surface area contributed by atoms with Crippen LogP contribution in [0.3, 0.4) is 0 Å². The number of benzene rings is 2. The summed E-state index contributed by atoms with van der Waals surface area (Å²) in [4.78, 5) is 15.0. The number of ether oxygens (including phenoxy) is 1. The summed E-state index contributed by atoms with van der Waals surface area (Å²) in [6, 6.07) is 17.8. The minimum absolute atomic E-state index is 0.124. The van der Waals surface area contributed by atoms with Gasteiger partial charge >= 0.3 is 6.09 Å². The lowest BCUT2D eigenvalue weighted by atomic mass is 9.80. The number of rotatable bonds is 6. The van der Waals surface area contributed by atoms with Gasteiger partial charge in [-0.15, -0.1) is 0 Å². The fourth-order valence-corrected chi connectivity index (χ4v) is 4.60. The molecule has 0 radical (unpaired) electrons. The van der Waals surface area contributed by atoms with Gasteiger partial charge in [-0.3, -0.25) is 4.68 Å². The first-order valence-corrected chi connectivity index (χ1v) is 11.0. The maximum absolute atomic E-state index is 13.2. The van der Waals surface area contributed by atoms with Crippen LogP contribution in [0, 0.1) is 0 Å². The second-order valence-corrected chi connectivity index (χ2v) is 9.36. The predicted molar refractivity (Wildman–Crippen MR) is 124 cm³/mol. The van der Waals surface area contributed by atoms with Crippen LogP contribution in [0.15, 0.2) is 67.0 Å². The van der Waals surface area contributed by atoms with Gasteiger partial charge in [0.15, 0.2) is 0 Å². The maximum atomic E-state index is 13.2. The van der Waals surface area contributed by atoms with Crippen LogP contribution < -0.4 is 0 Å². The first kappa shape index (κ1) is 22.1. The molecule has 0 saturated carbocycles. The zero-order valence-electron chi connectivity index (χ0n) is 19.2. The van der Waals surface area contributed by atoms with Gasteiger partial charge in [0.05, 0.1) is 17.8 Å². The molecule has 2 heterocycles. The largest absolute Gasteiger partial charge is 0.438 e. The molecular formula is C26H31N3O3. The molecule has 2 aromatic carbocycles. The summed E-state index contributed by atoms with van der Waals surface area (Å²) in [5.41, 5.74) is 2.31. The van der Waals surface area contributed by atoms with Crippen molar-refractivity contribution in [3.8, 4) is 11.1 Å². The molecule has 0 spiro atoms. The third-order valence-corrected chi connectivity index (χ3v) is 6.19. The number of cyclic esters (lactones) is 1. The Bertz CT molecular complexity index is 1070. The highest BCUT2D eigenvalue weighted by atomic mass is 16.6. The van der Waals surface area contributed by atoms with Crippen molar-refractivity contribution in [1.29, 1.82) is 0 Å². The van der Waals surface area contributed by atoms with Crippen LogP contribution >= 0.6 is 0 Å². The van der Waals surface area contributed by atoms with Gasteiger partial charge < -0.3 is 14.7 Å². The monoisotopic (exact) mass is 433 g/mol. The van der Waals surface area contributed by atoms with Crippen molar-refractivity contribution in [3.63, 3.8) is 0 Å². The SMILES string of the molecule is C[C@@H](c1ccc(-c2cnn(C)c2)cc1)N1CC[C@](CC(C)(C)O)(c2ccccc2)OC1=O. The molecule has 1 aliphatic heterocycles. The fraction of sp³-hybridized carbons (Fsp3) is 0.385. The van der Waals surface area contributed by atoms with Crippen molar-refractivity contribution in [1.82, 2.24) is 14.7 Å². The van der Waals surface area contributed by atoms with Crippen LogP contribution in [-0.4, -0.2) is 38.0 Å². The van der Waals surface area contributed by atoms with Crippen LogP contribution in [0.5, 0.6) is 0 Å². The highest BCUT2D eigenvalue weighted by Crippen LogP contribution is 2.42. The minimum Gasteiger partial charge on any atom is -0.438 e. The number of carbonyl (C=O) groups excluding carboxylic acids is 1. The van der Waals surface area contributed by atoms with Crippen LogP contribution in [0.25, 0.3) is 11.1 Å². The smallest absolute Gasteiger partial charge is 0.411 e. The third-order valence-electron chi connectivity index (χ3n) is 6.19. The standard InChI is InChI=1S/C26H31N3O3/c1-19(20-10-12-21(13-11-20)22-16-27-28(4)17-22)29-15-14-26(32-24(29)30,18-25(2,3)31)23-8-6-5-7-9-23/h5-13,16-17,19,31H,14-15,18H2,1-4H3/t19-,26-/m0/s1. The van der Waals surface area contributed by atoms with E-state index in [2.05, 4.69) is 29.4 Å². The highest BCUT2D eigenvalue weighted by molar-refractivity contribution is 5.70. The third kappa shape index (κ3) is 4.55. The number of aromatic nitrogens is 2. The van der Waals surface area contributed by atoms with Crippen molar-refractivity contribution in [2.75, 3.05) is 6.54 Å². The van der Waals surface area contributed by atoms with E-state index in [1.807, 2.05) is 56.7 Å². The van der Waals surface area contributed by atoms with Crippen LogP contribution in [0.1, 0.15) is 50.8 Å². The second-order valence-electron chi connectivity index (χ2n) is 9.36. The lowest BCUT2D eigenvalue weighted by Crippen LogP contribution is -2.51. The number of amides is 1. The van der Waals surface area contributed by atoms with E-state index < -0.39 is 11.2 Å². The molecule has 1 saturated heterocycles. The average molecular weight is 434 g/mol. The molecule has 1 amide bonds. The summed E-state index contributed by atoms with van der Waals surface area (Å²) in [5, 5.41) is 14.8. The van der Waals surface area contributed by atoms with E-state index in [1.165, 1.54) is 0 Å². The van der Waals surface area contributed by atoms with Gasteiger partial charge in [0.1, 0.15) is 5.60 Å². The molecule has 1 aliphatic rings. The zero-order chi connectivity index (χ0) is 22.9. The molecule has 4 rings (SSSR count). The Morgan fingerprint density at radius 2 is 1.81 bits per heavy atom. The average Bonchev–Trinajstić information content (AvgIpc) is 3.19. The lowest BCUT2D eigenvalue weighted by Gasteiger charge is -2.45. The van der Waals surface area contributed by atoms with Crippen molar-refractivity contribution in [2.45, 2.75) is 50.9 Å². The Hall–Kier alpha value is -3.12. The topological polar surface area (TPSA) is 67.6 Å². The first-order valence-electron chi connectivity index (χ1n) is 11.0. The van der Waals surface area contributed by atoms with Crippen LogP contribution in [-0.2, 0) is 17.4 Å². The normalized spacial score (nSPS) is 20.2. The summed E-state index contributed by atoms with van der Waals surface area (Å²) in [6.07, 6.45) is 4.43. The van der Waals surface area contributed by atoms with Crippen LogP contribution in [0.4, 0.5) is 4.79 Å². The van der Waals surface area contributed by atoms with Crippen molar-refractivity contribution in [3.05, 3.63) is 78.1 Å². The number of aliphatic hydroxyl groups is 1. The fourth-order valence-electron chi connectivity index (χ4n) is 4.60. The van der Waals surface area contributed by atoms with Gasteiger partial charge in [-0.25, -0.2) is 4.79 Å². The Morgan fingerprint density at radius 1 is 1.12 bits per heavy atom. The van der Waals surface area contributed by atoms with Gasteiger partial charge in [0.25, 0.3) is 0 Å². The van der Waals surface area contributed by atoms with Crippen molar-refractivity contribution in [2.24, 2.45) is 7.05 Å². The number of aryl methyl sites for hydroxylation is 1. The molecule has 0 bridgehead atoms. The number of nitrogens with zero attached hydrogens (tertiary/aromatic N) is 3. The predicted octanol–water partition coefficient (Wildman–Crippen LogP) is 5.05. The summed E-state index contributed by atoms with van der Waals surface area (Å²) in [5.74, 6) is 0. The van der Waals surface area contributed by atoms with E-state index in [9.17, 15) is 9.90 Å². The molecule has 6 heteroatoms. The van der Waals surface area contributed by atoms with E-state index >= 15 is 0 Å². The molecule has 1 fully saturated rings. The summed E-state index contributed by atoms with van der Waals surface area (Å²) >= 11 is 0. The van der Waals surface area contributed by atoms with Gasteiger partial charge in [-0.1, -0.05) is 54.6 Å². The van der Waals surface area contributed by atoms with Crippen molar-refractivity contribution >= 4 is 6.09 Å². The molecule has 6 nitrogen and oxygen atoms in total. The van der Waals surface area contributed by atoms with E-state index in [0.717, 1.165) is 22.3 Å². The molecule has 0 aliphatic carbocycles. The highest BCUT2D eigenvalue weighted by Gasteiger charge is 2.46. The van der Waals surface area contributed by atoms with E-state index in [0.29, 0.717) is 19.4 Å². The quantitative estimate of drug-likeness (QED) is 0.591. The summed E-state index contributed by atoms with van der Waals surface area (Å²) in [6.45, 7) is 6.08. The molecule has 1 aromatic heterocycles.